The number of carboxylic acids is 1. The number of aliphatic carboxylic acids is 1. The lowest BCUT2D eigenvalue weighted by molar-refractivity contribution is -0.136. The van der Waals surface area contributed by atoms with E-state index in [9.17, 15) is 9.59 Å². The van der Waals surface area contributed by atoms with Gasteiger partial charge in [0, 0.05) is 13.0 Å². The standard InChI is InChI=1S/C15H21NO4/c1-2-20-13-8-6-12(7-9-13)4-3-5-14(17)16-11-10-15(18)19/h6-9H,2-5,10-11H2,1H3,(H,16,17)(H,18,19). The molecule has 0 fully saturated rings. The monoisotopic (exact) mass is 279 g/mol. The SMILES string of the molecule is CCOc1ccc(CCCC(=O)NCCC(=O)O)cc1. The summed E-state index contributed by atoms with van der Waals surface area (Å²) in [7, 11) is 0. The summed E-state index contributed by atoms with van der Waals surface area (Å²) in [5.74, 6) is -0.153. The average Bonchev–Trinajstić information content (AvgIpc) is 2.40. The van der Waals surface area contributed by atoms with Crippen LogP contribution in [0.1, 0.15) is 31.7 Å². The van der Waals surface area contributed by atoms with Gasteiger partial charge in [0.25, 0.3) is 0 Å². The topological polar surface area (TPSA) is 75.6 Å². The fourth-order valence-electron chi connectivity index (χ4n) is 1.77. The van der Waals surface area contributed by atoms with Crippen molar-refractivity contribution in [3.8, 4) is 5.75 Å². The number of rotatable bonds is 9. The molecule has 0 saturated carbocycles. The number of carbonyl (C=O) groups excluding carboxylic acids is 1. The molecule has 1 rings (SSSR count). The molecule has 0 spiro atoms. The smallest absolute Gasteiger partial charge is 0.305 e. The van der Waals surface area contributed by atoms with E-state index in [0.717, 1.165) is 24.2 Å². The highest BCUT2D eigenvalue weighted by molar-refractivity contribution is 5.76. The minimum atomic E-state index is -0.903. The Bertz CT molecular complexity index is 428. The van der Waals surface area contributed by atoms with E-state index >= 15 is 0 Å². The number of hydrogen-bond acceptors (Lipinski definition) is 3. The van der Waals surface area contributed by atoms with Gasteiger partial charge >= 0.3 is 5.97 Å². The number of amides is 1. The van der Waals surface area contributed by atoms with Crippen LogP contribution in [0.25, 0.3) is 0 Å². The molecule has 0 aliphatic heterocycles. The highest BCUT2D eigenvalue weighted by Crippen LogP contribution is 2.13. The Hall–Kier alpha value is -2.04. The molecule has 0 aromatic heterocycles. The van der Waals surface area contributed by atoms with Crippen LogP contribution in [0.5, 0.6) is 5.75 Å². The van der Waals surface area contributed by atoms with Gasteiger partial charge in [0.15, 0.2) is 0 Å². The molecule has 5 nitrogen and oxygen atoms in total. The zero-order valence-corrected chi connectivity index (χ0v) is 11.7. The summed E-state index contributed by atoms with van der Waals surface area (Å²) in [5.41, 5.74) is 1.16. The van der Waals surface area contributed by atoms with Gasteiger partial charge in [0.05, 0.1) is 13.0 Å². The van der Waals surface area contributed by atoms with Gasteiger partial charge in [-0.2, -0.15) is 0 Å². The molecule has 20 heavy (non-hydrogen) atoms. The van der Waals surface area contributed by atoms with E-state index in [0.29, 0.717) is 13.0 Å². The van der Waals surface area contributed by atoms with Crippen LogP contribution in [0.4, 0.5) is 0 Å². The number of hydrogen-bond donors (Lipinski definition) is 2. The predicted octanol–water partition coefficient (Wildman–Crippen LogP) is 2.00. The number of carboxylic acid groups (broad SMARTS) is 1. The third kappa shape index (κ3) is 6.78. The molecular weight excluding hydrogens is 258 g/mol. The van der Waals surface area contributed by atoms with Crippen molar-refractivity contribution in [3.05, 3.63) is 29.8 Å². The number of ether oxygens (including phenoxy) is 1. The van der Waals surface area contributed by atoms with E-state index in [2.05, 4.69) is 5.32 Å². The van der Waals surface area contributed by atoms with Gasteiger partial charge in [0.1, 0.15) is 5.75 Å². The Morgan fingerprint density at radius 1 is 1.20 bits per heavy atom. The van der Waals surface area contributed by atoms with Gasteiger partial charge in [-0.1, -0.05) is 12.1 Å². The van der Waals surface area contributed by atoms with Crippen molar-refractivity contribution in [2.45, 2.75) is 32.6 Å². The molecule has 5 heteroatoms. The van der Waals surface area contributed by atoms with Crippen LogP contribution in [0, 0.1) is 0 Å². The van der Waals surface area contributed by atoms with E-state index in [1.54, 1.807) is 0 Å². The highest BCUT2D eigenvalue weighted by atomic mass is 16.5. The van der Waals surface area contributed by atoms with Crippen LogP contribution in [0.15, 0.2) is 24.3 Å². The maximum Gasteiger partial charge on any atom is 0.305 e. The van der Waals surface area contributed by atoms with Gasteiger partial charge in [-0.3, -0.25) is 9.59 Å². The molecule has 1 amide bonds. The number of carbonyl (C=O) groups is 2. The Kier molecular flexibility index (Phi) is 7.17. The highest BCUT2D eigenvalue weighted by Gasteiger charge is 2.03. The van der Waals surface area contributed by atoms with Gasteiger partial charge in [-0.25, -0.2) is 0 Å². The Labute approximate surface area is 118 Å². The number of aryl methyl sites for hydroxylation is 1. The quantitative estimate of drug-likeness (QED) is 0.725. The van der Waals surface area contributed by atoms with E-state index in [1.807, 2.05) is 31.2 Å². The second-order valence-electron chi connectivity index (χ2n) is 4.42. The maximum atomic E-state index is 11.4. The van der Waals surface area contributed by atoms with Crippen molar-refractivity contribution in [1.82, 2.24) is 5.32 Å². The van der Waals surface area contributed by atoms with Gasteiger partial charge in [-0.15, -0.1) is 0 Å². The molecule has 0 radical (unpaired) electrons. The summed E-state index contributed by atoms with van der Waals surface area (Å²) in [5, 5.41) is 11.0. The van der Waals surface area contributed by atoms with Crippen molar-refractivity contribution < 1.29 is 19.4 Å². The van der Waals surface area contributed by atoms with E-state index in [-0.39, 0.29) is 18.9 Å². The van der Waals surface area contributed by atoms with Crippen LogP contribution in [0.2, 0.25) is 0 Å². The van der Waals surface area contributed by atoms with Gasteiger partial charge in [0.2, 0.25) is 5.91 Å². The van der Waals surface area contributed by atoms with Crippen molar-refractivity contribution in [2.24, 2.45) is 0 Å². The lowest BCUT2D eigenvalue weighted by atomic mass is 10.1. The summed E-state index contributed by atoms with van der Waals surface area (Å²) in [4.78, 5) is 21.7. The first-order valence-corrected chi connectivity index (χ1v) is 6.82. The summed E-state index contributed by atoms with van der Waals surface area (Å²) >= 11 is 0. The Balaban J connectivity index is 2.19. The molecule has 0 aliphatic carbocycles. The molecule has 0 unspecified atom stereocenters. The van der Waals surface area contributed by atoms with Gasteiger partial charge < -0.3 is 15.2 Å². The van der Waals surface area contributed by atoms with Crippen molar-refractivity contribution in [2.75, 3.05) is 13.2 Å². The summed E-state index contributed by atoms with van der Waals surface area (Å²) in [6.45, 7) is 2.78. The number of nitrogens with one attached hydrogen (secondary N) is 1. The summed E-state index contributed by atoms with van der Waals surface area (Å²) < 4.78 is 5.36. The minimum Gasteiger partial charge on any atom is -0.494 e. The normalized spacial score (nSPS) is 10.1. The predicted molar refractivity (Wildman–Crippen MR) is 75.8 cm³/mol. The second kappa shape index (κ2) is 8.96. The molecular formula is C15H21NO4. The average molecular weight is 279 g/mol. The molecule has 0 bridgehead atoms. The molecule has 2 N–H and O–H groups in total. The third-order valence-electron chi connectivity index (χ3n) is 2.76. The lowest BCUT2D eigenvalue weighted by Crippen LogP contribution is -2.25. The molecule has 1 aromatic carbocycles. The van der Waals surface area contributed by atoms with Crippen molar-refractivity contribution in [3.63, 3.8) is 0 Å². The van der Waals surface area contributed by atoms with Crippen LogP contribution >= 0.6 is 0 Å². The maximum absolute atomic E-state index is 11.4. The first kappa shape index (κ1) is 16.0. The summed E-state index contributed by atoms with van der Waals surface area (Å²) in [6, 6.07) is 7.83. The number of benzene rings is 1. The van der Waals surface area contributed by atoms with Crippen LogP contribution in [0.3, 0.4) is 0 Å². The fourth-order valence-corrected chi connectivity index (χ4v) is 1.77. The van der Waals surface area contributed by atoms with E-state index < -0.39 is 5.97 Å². The largest absolute Gasteiger partial charge is 0.494 e. The first-order valence-electron chi connectivity index (χ1n) is 6.82. The molecule has 0 saturated heterocycles. The Morgan fingerprint density at radius 3 is 2.50 bits per heavy atom. The molecule has 0 atom stereocenters. The fraction of sp³-hybridized carbons (Fsp3) is 0.467. The van der Waals surface area contributed by atoms with E-state index in [4.69, 9.17) is 9.84 Å². The first-order chi connectivity index (χ1) is 9.61. The summed E-state index contributed by atoms with van der Waals surface area (Å²) in [6.07, 6.45) is 1.93. The molecule has 0 heterocycles. The van der Waals surface area contributed by atoms with Crippen molar-refractivity contribution >= 4 is 11.9 Å². The van der Waals surface area contributed by atoms with Crippen LogP contribution < -0.4 is 10.1 Å². The molecule has 1 aromatic rings. The van der Waals surface area contributed by atoms with E-state index in [1.165, 1.54) is 0 Å². The lowest BCUT2D eigenvalue weighted by Gasteiger charge is -2.05. The van der Waals surface area contributed by atoms with Crippen LogP contribution in [-0.2, 0) is 16.0 Å². The minimum absolute atomic E-state index is 0.0371. The van der Waals surface area contributed by atoms with Crippen molar-refractivity contribution in [1.29, 1.82) is 0 Å². The van der Waals surface area contributed by atoms with Crippen LogP contribution in [-0.4, -0.2) is 30.1 Å². The third-order valence-corrected chi connectivity index (χ3v) is 2.76. The Morgan fingerprint density at radius 2 is 1.90 bits per heavy atom. The second-order valence-corrected chi connectivity index (χ2v) is 4.42. The zero-order chi connectivity index (χ0) is 14.8. The molecule has 0 aliphatic rings. The van der Waals surface area contributed by atoms with Gasteiger partial charge in [-0.05, 0) is 37.5 Å². The zero-order valence-electron chi connectivity index (χ0n) is 11.7. The molecule has 110 valence electrons.